The molecule has 1 aromatic carbocycles. The van der Waals surface area contributed by atoms with Gasteiger partial charge in [-0.1, -0.05) is 41.7 Å². The highest BCUT2D eigenvalue weighted by Gasteiger charge is 2.25. The van der Waals surface area contributed by atoms with Gasteiger partial charge in [0.05, 0.1) is 0 Å². The van der Waals surface area contributed by atoms with Gasteiger partial charge in [-0.05, 0) is 11.4 Å². The van der Waals surface area contributed by atoms with Gasteiger partial charge >= 0.3 is 10.7 Å². The van der Waals surface area contributed by atoms with Crippen LogP contribution in [-0.2, 0) is 0 Å². The molecule has 6 heteroatoms. The van der Waals surface area contributed by atoms with Crippen molar-refractivity contribution >= 4 is 37.6 Å². The zero-order chi connectivity index (χ0) is 12.8. The predicted octanol–water partition coefficient (Wildman–Crippen LogP) is 3.29. The van der Waals surface area contributed by atoms with E-state index in [2.05, 4.69) is 5.10 Å². The Kier molecular flexibility index (Phi) is 3.13. The number of fused-ring (bicyclic) bond motifs is 3. The largest absolute Gasteiger partial charge is 0.870 e. The Bertz CT molecular complexity index is 884. The Hall–Kier alpha value is -2.02. The Labute approximate surface area is 122 Å². The van der Waals surface area contributed by atoms with Crippen LogP contribution in [0.2, 0.25) is 0 Å². The first kappa shape index (κ1) is 13.0. The highest BCUT2D eigenvalue weighted by Crippen LogP contribution is 2.36. The molecule has 0 radical (unpaired) electrons. The van der Waals surface area contributed by atoms with E-state index in [9.17, 15) is 5.11 Å². The molecular weight excluding hydrogens is 292 g/mol. The van der Waals surface area contributed by atoms with Gasteiger partial charge in [-0.25, -0.2) is 0 Å². The summed E-state index contributed by atoms with van der Waals surface area (Å²) in [7, 11) is 0. The molecule has 0 saturated carbocycles. The lowest BCUT2D eigenvalue weighted by molar-refractivity contribution is -0.583. The molecule has 4 aromatic rings. The molecule has 0 aliphatic rings. The molecule has 20 heavy (non-hydrogen) atoms. The Morgan fingerprint density at radius 3 is 2.70 bits per heavy atom. The summed E-state index contributed by atoms with van der Waals surface area (Å²) in [5.74, 6) is 0.210. The van der Waals surface area contributed by atoms with Crippen LogP contribution in [0, 0.1) is 0 Å². The van der Waals surface area contributed by atoms with Crippen molar-refractivity contribution in [2.75, 3.05) is 0 Å². The monoisotopic (exact) mass is 302 g/mol. The van der Waals surface area contributed by atoms with Crippen molar-refractivity contribution in [3.8, 4) is 16.3 Å². The fourth-order valence-electron chi connectivity index (χ4n) is 2.12. The average molecular weight is 302 g/mol. The van der Waals surface area contributed by atoms with Crippen molar-refractivity contribution in [1.82, 2.24) is 5.10 Å². The molecule has 0 atom stereocenters. The molecule has 3 heterocycles. The number of benzene rings is 1. The number of aromatic nitrogens is 2. The highest BCUT2D eigenvalue weighted by atomic mass is 32.1. The summed E-state index contributed by atoms with van der Waals surface area (Å²) in [4.78, 5) is 1.85. The number of thiophene rings is 1. The summed E-state index contributed by atoms with van der Waals surface area (Å²) in [5, 5.41) is 17.8. The highest BCUT2D eigenvalue weighted by molar-refractivity contribution is 7.26. The number of hydrogen-bond acceptors (Lipinski definition) is 5. The molecule has 0 amide bonds. The van der Waals surface area contributed by atoms with Gasteiger partial charge in [0.2, 0.25) is 0 Å². The zero-order valence-electron chi connectivity index (χ0n) is 10.2. The maximum Gasteiger partial charge on any atom is 0.416 e. The van der Waals surface area contributed by atoms with E-state index in [1.165, 1.54) is 0 Å². The molecule has 0 aliphatic heterocycles. The van der Waals surface area contributed by atoms with Crippen LogP contribution in [-0.4, -0.2) is 15.7 Å². The summed E-state index contributed by atoms with van der Waals surface area (Å²) in [5.41, 5.74) is 1.01. The van der Waals surface area contributed by atoms with E-state index in [0.717, 1.165) is 25.4 Å². The molecule has 4 nitrogen and oxygen atoms in total. The van der Waals surface area contributed by atoms with Crippen molar-refractivity contribution in [2.24, 2.45) is 0 Å². The summed E-state index contributed by atoms with van der Waals surface area (Å²) in [6.07, 6.45) is 1.79. The van der Waals surface area contributed by atoms with E-state index in [1.54, 1.807) is 33.4 Å². The van der Waals surface area contributed by atoms with Crippen molar-refractivity contribution in [3.63, 3.8) is 0 Å². The fourth-order valence-corrected chi connectivity index (χ4v) is 4.24. The Morgan fingerprint density at radius 1 is 1.10 bits per heavy atom. The summed E-state index contributed by atoms with van der Waals surface area (Å²) in [6.45, 7) is 0. The van der Waals surface area contributed by atoms with Crippen molar-refractivity contribution < 1.29 is 15.1 Å². The predicted molar refractivity (Wildman–Crippen MR) is 79.7 cm³/mol. The van der Waals surface area contributed by atoms with Crippen LogP contribution in [0.15, 0.2) is 48.0 Å². The topological polar surface area (TPSA) is 67.2 Å². The summed E-state index contributed by atoms with van der Waals surface area (Å²) < 4.78 is 2.78. The molecule has 100 valence electrons. The Morgan fingerprint density at radius 2 is 1.90 bits per heavy atom. The number of aromatic hydroxyl groups is 1. The second-order valence-corrected chi connectivity index (χ2v) is 6.10. The van der Waals surface area contributed by atoms with Gasteiger partial charge in [-0.15, -0.1) is 11.3 Å². The third-order valence-corrected chi connectivity index (χ3v) is 5.29. The molecule has 0 unspecified atom stereocenters. The van der Waals surface area contributed by atoms with Gasteiger partial charge in [-0.2, -0.15) is 0 Å². The number of nitrogens with zero attached hydrogens (tertiary/aromatic N) is 2. The van der Waals surface area contributed by atoms with Crippen LogP contribution in [0.1, 0.15) is 0 Å². The molecule has 4 rings (SSSR count). The van der Waals surface area contributed by atoms with Crippen LogP contribution in [0.5, 0.6) is 5.88 Å². The van der Waals surface area contributed by atoms with Gasteiger partial charge < -0.3 is 10.6 Å². The molecule has 3 aromatic heterocycles. The number of hydrogen-bond donors (Lipinski definition) is 1. The first-order valence-corrected chi connectivity index (χ1v) is 7.49. The maximum atomic E-state index is 10.4. The van der Waals surface area contributed by atoms with Gasteiger partial charge in [0, 0.05) is 20.6 Å². The minimum Gasteiger partial charge on any atom is -0.870 e. The van der Waals surface area contributed by atoms with Gasteiger partial charge in [0.15, 0.2) is 4.88 Å². The lowest BCUT2D eigenvalue weighted by Gasteiger charge is -1.91. The standard InChI is InChI=1S/C14H8N2OS2.H2O/c17-13-11(9-4-2-1-3-5-9)19-14-12-10(6-7-18-12)8-15-16(13)14;/h1-8H;1H2. The van der Waals surface area contributed by atoms with E-state index in [-0.39, 0.29) is 11.4 Å². The first-order valence-electron chi connectivity index (χ1n) is 5.80. The van der Waals surface area contributed by atoms with Crippen molar-refractivity contribution in [3.05, 3.63) is 48.0 Å². The van der Waals surface area contributed by atoms with E-state index in [1.807, 2.05) is 41.8 Å². The van der Waals surface area contributed by atoms with Crippen LogP contribution < -0.4 is 4.52 Å². The number of rotatable bonds is 1. The SMILES string of the molecule is Oc1c(-c2ccccc2)sc2c3sccc3cn[n+]12.[OH-]. The van der Waals surface area contributed by atoms with Crippen molar-refractivity contribution in [2.45, 2.75) is 0 Å². The maximum absolute atomic E-state index is 10.4. The van der Waals surface area contributed by atoms with E-state index in [4.69, 9.17) is 0 Å². The molecule has 0 spiro atoms. The average Bonchev–Trinajstić information content (AvgIpc) is 3.04. The lowest BCUT2D eigenvalue weighted by Crippen LogP contribution is -2.23. The third kappa shape index (κ3) is 1.77. The molecule has 0 aliphatic carbocycles. The van der Waals surface area contributed by atoms with E-state index in [0.29, 0.717) is 0 Å². The summed E-state index contributed by atoms with van der Waals surface area (Å²) in [6, 6.07) is 12.0. The lowest BCUT2D eigenvalue weighted by atomic mass is 10.2. The van der Waals surface area contributed by atoms with Crippen LogP contribution >= 0.6 is 22.7 Å². The third-order valence-electron chi connectivity index (χ3n) is 3.03. The fraction of sp³-hybridized carbons (Fsp3) is 0. The minimum absolute atomic E-state index is 0. The van der Waals surface area contributed by atoms with Crippen LogP contribution in [0.25, 0.3) is 25.4 Å². The Balaban J connectivity index is 0.00000121. The molecular formula is C14H10N2O2S2. The normalized spacial score (nSPS) is 10.8. The molecule has 2 N–H and O–H groups in total. The molecule has 0 bridgehead atoms. The van der Waals surface area contributed by atoms with Crippen molar-refractivity contribution in [1.29, 1.82) is 0 Å². The second kappa shape index (κ2) is 4.82. The minimum atomic E-state index is 0. The zero-order valence-corrected chi connectivity index (χ0v) is 11.9. The number of thiazole rings is 1. The first-order chi connectivity index (χ1) is 9.34. The second-order valence-electron chi connectivity index (χ2n) is 4.19. The van der Waals surface area contributed by atoms with Gasteiger partial charge in [0.1, 0.15) is 10.9 Å². The van der Waals surface area contributed by atoms with Gasteiger partial charge in [0.25, 0.3) is 0 Å². The molecule has 0 saturated heterocycles. The van der Waals surface area contributed by atoms with E-state index < -0.39 is 0 Å². The summed E-state index contributed by atoms with van der Waals surface area (Å²) >= 11 is 3.24. The van der Waals surface area contributed by atoms with Crippen LogP contribution in [0.3, 0.4) is 0 Å². The van der Waals surface area contributed by atoms with Crippen LogP contribution in [0.4, 0.5) is 0 Å². The van der Waals surface area contributed by atoms with Gasteiger partial charge in [-0.3, -0.25) is 0 Å². The quantitative estimate of drug-likeness (QED) is 0.549. The van der Waals surface area contributed by atoms with E-state index >= 15 is 0 Å². The molecule has 0 fully saturated rings. The smallest absolute Gasteiger partial charge is 0.416 e.